The summed E-state index contributed by atoms with van der Waals surface area (Å²) in [5.74, 6) is 0.586. The quantitative estimate of drug-likeness (QED) is 0.639. The molecule has 2 heterocycles. The van der Waals surface area contributed by atoms with Crippen LogP contribution >= 0.6 is 0 Å². The highest BCUT2D eigenvalue weighted by molar-refractivity contribution is 6.09. The van der Waals surface area contributed by atoms with Crippen LogP contribution in [0.25, 0.3) is 21.8 Å². The molecule has 0 aliphatic carbocycles. The van der Waals surface area contributed by atoms with Gasteiger partial charge in [0.2, 0.25) is 0 Å². The molecule has 2 N–H and O–H groups in total. The molecule has 0 aliphatic heterocycles. The van der Waals surface area contributed by atoms with Crippen molar-refractivity contribution in [1.82, 2.24) is 9.55 Å². The van der Waals surface area contributed by atoms with Crippen LogP contribution in [0, 0.1) is 13.8 Å². The van der Waals surface area contributed by atoms with Gasteiger partial charge in [0, 0.05) is 23.3 Å². The highest BCUT2D eigenvalue weighted by Gasteiger charge is 2.11. The van der Waals surface area contributed by atoms with Gasteiger partial charge in [-0.25, -0.2) is 4.98 Å². The normalized spacial score (nSPS) is 11.5. The van der Waals surface area contributed by atoms with Crippen molar-refractivity contribution in [2.75, 3.05) is 5.73 Å². The molecule has 0 saturated heterocycles. The zero-order chi connectivity index (χ0) is 12.2. The number of aromatic nitrogens is 2. The molecule has 0 aliphatic rings. The zero-order valence-corrected chi connectivity index (χ0v) is 10.3. The standard InChI is InChI=1S/C14H15N3/c1-8-4-5-10-11-7-13(15)16-9(2)14(11)17(3)12(10)6-8/h4-7H,1-3H3,(H2,15,16). The van der Waals surface area contributed by atoms with Crippen molar-refractivity contribution in [1.29, 1.82) is 0 Å². The Kier molecular flexibility index (Phi) is 1.93. The second-order valence-electron chi connectivity index (χ2n) is 4.61. The molecule has 86 valence electrons. The first-order chi connectivity index (χ1) is 8.08. The van der Waals surface area contributed by atoms with E-state index in [1.165, 1.54) is 27.4 Å². The maximum atomic E-state index is 5.83. The lowest BCUT2D eigenvalue weighted by Gasteiger charge is -2.02. The summed E-state index contributed by atoms with van der Waals surface area (Å²) in [4.78, 5) is 4.34. The van der Waals surface area contributed by atoms with Crippen LogP contribution in [0.4, 0.5) is 5.82 Å². The molecule has 1 aromatic carbocycles. The summed E-state index contributed by atoms with van der Waals surface area (Å²) in [7, 11) is 2.08. The Bertz CT molecular complexity index is 738. The third kappa shape index (κ3) is 1.32. The Morgan fingerprint density at radius 3 is 2.65 bits per heavy atom. The second kappa shape index (κ2) is 3.23. The molecule has 0 saturated carbocycles. The Hall–Kier alpha value is -2.03. The molecular formula is C14H15N3. The molecule has 2 aromatic heterocycles. The summed E-state index contributed by atoms with van der Waals surface area (Å²) in [6.45, 7) is 4.11. The van der Waals surface area contributed by atoms with Crippen molar-refractivity contribution in [3.05, 3.63) is 35.5 Å². The fourth-order valence-electron chi connectivity index (χ4n) is 2.59. The van der Waals surface area contributed by atoms with Crippen LogP contribution in [0.5, 0.6) is 0 Å². The fraction of sp³-hybridized carbons (Fsp3) is 0.214. The number of nitrogen functional groups attached to an aromatic ring is 1. The summed E-state index contributed by atoms with van der Waals surface area (Å²) < 4.78 is 2.19. The van der Waals surface area contributed by atoms with Crippen molar-refractivity contribution in [3.8, 4) is 0 Å². The van der Waals surface area contributed by atoms with Gasteiger partial charge in [-0.2, -0.15) is 0 Å². The smallest absolute Gasteiger partial charge is 0.124 e. The average molecular weight is 225 g/mol. The Labute approximate surface area is 99.9 Å². The van der Waals surface area contributed by atoms with Gasteiger partial charge < -0.3 is 10.3 Å². The molecule has 0 atom stereocenters. The van der Waals surface area contributed by atoms with Crippen molar-refractivity contribution in [3.63, 3.8) is 0 Å². The van der Waals surface area contributed by atoms with Gasteiger partial charge in [-0.1, -0.05) is 12.1 Å². The van der Waals surface area contributed by atoms with E-state index in [2.05, 4.69) is 41.7 Å². The van der Waals surface area contributed by atoms with Crippen molar-refractivity contribution >= 4 is 27.6 Å². The Morgan fingerprint density at radius 1 is 1.12 bits per heavy atom. The van der Waals surface area contributed by atoms with Gasteiger partial charge in [0.15, 0.2) is 0 Å². The van der Waals surface area contributed by atoms with Crippen LogP contribution in [-0.2, 0) is 7.05 Å². The number of nitrogens with zero attached hydrogens (tertiary/aromatic N) is 2. The molecule has 3 heteroatoms. The predicted molar refractivity (Wildman–Crippen MR) is 72.1 cm³/mol. The summed E-state index contributed by atoms with van der Waals surface area (Å²) >= 11 is 0. The van der Waals surface area contributed by atoms with Gasteiger partial charge in [-0.15, -0.1) is 0 Å². The summed E-state index contributed by atoms with van der Waals surface area (Å²) in [6, 6.07) is 8.45. The molecule has 17 heavy (non-hydrogen) atoms. The average Bonchev–Trinajstić information content (AvgIpc) is 2.52. The Morgan fingerprint density at radius 2 is 1.88 bits per heavy atom. The summed E-state index contributed by atoms with van der Waals surface area (Å²) in [5, 5.41) is 2.43. The first-order valence-corrected chi connectivity index (χ1v) is 5.70. The van der Waals surface area contributed by atoms with E-state index in [-0.39, 0.29) is 0 Å². The molecule has 0 amide bonds. The highest BCUT2D eigenvalue weighted by Crippen LogP contribution is 2.31. The lowest BCUT2D eigenvalue weighted by Crippen LogP contribution is -1.95. The van der Waals surface area contributed by atoms with Gasteiger partial charge >= 0.3 is 0 Å². The number of aryl methyl sites for hydroxylation is 3. The third-order valence-electron chi connectivity index (χ3n) is 3.33. The minimum atomic E-state index is 0.586. The number of rotatable bonds is 0. The van der Waals surface area contributed by atoms with E-state index in [4.69, 9.17) is 5.73 Å². The maximum Gasteiger partial charge on any atom is 0.124 e. The van der Waals surface area contributed by atoms with E-state index in [0.717, 1.165) is 5.69 Å². The second-order valence-corrected chi connectivity index (χ2v) is 4.61. The molecule has 0 spiro atoms. The van der Waals surface area contributed by atoms with Crippen LogP contribution in [0.3, 0.4) is 0 Å². The number of hydrogen-bond donors (Lipinski definition) is 1. The van der Waals surface area contributed by atoms with Gasteiger partial charge in [0.1, 0.15) is 5.82 Å². The van der Waals surface area contributed by atoms with E-state index >= 15 is 0 Å². The highest BCUT2D eigenvalue weighted by atomic mass is 15.0. The number of anilines is 1. The zero-order valence-electron chi connectivity index (χ0n) is 10.3. The van der Waals surface area contributed by atoms with E-state index in [9.17, 15) is 0 Å². The lowest BCUT2D eigenvalue weighted by molar-refractivity contribution is 0.997. The van der Waals surface area contributed by atoms with Crippen LogP contribution in [0.2, 0.25) is 0 Å². The molecule has 3 aromatic rings. The fourth-order valence-corrected chi connectivity index (χ4v) is 2.59. The van der Waals surface area contributed by atoms with Gasteiger partial charge in [-0.05, 0) is 31.5 Å². The molecular weight excluding hydrogens is 210 g/mol. The van der Waals surface area contributed by atoms with Gasteiger partial charge in [0.05, 0.1) is 11.2 Å². The van der Waals surface area contributed by atoms with Gasteiger partial charge in [0.25, 0.3) is 0 Å². The number of pyridine rings is 1. The van der Waals surface area contributed by atoms with Crippen molar-refractivity contribution < 1.29 is 0 Å². The van der Waals surface area contributed by atoms with Crippen LogP contribution in [0.15, 0.2) is 24.3 Å². The number of fused-ring (bicyclic) bond motifs is 3. The third-order valence-corrected chi connectivity index (χ3v) is 3.33. The molecule has 0 bridgehead atoms. The number of hydrogen-bond acceptors (Lipinski definition) is 2. The predicted octanol–water partition coefficient (Wildman–Crippen LogP) is 2.93. The minimum absolute atomic E-state index is 0.586. The first-order valence-electron chi connectivity index (χ1n) is 5.70. The largest absolute Gasteiger partial charge is 0.384 e. The maximum absolute atomic E-state index is 5.83. The van der Waals surface area contributed by atoms with Crippen molar-refractivity contribution in [2.24, 2.45) is 7.05 Å². The molecule has 0 fully saturated rings. The molecule has 3 nitrogen and oxygen atoms in total. The SMILES string of the molecule is Cc1ccc2c3cc(N)nc(C)c3n(C)c2c1. The van der Waals surface area contributed by atoms with E-state index < -0.39 is 0 Å². The van der Waals surface area contributed by atoms with E-state index in [0.29, 0.717) is 5.82 Å². The van der Waals surface area contributed by atoms with Crippen LogP contribution in [0.1, 0.15) is 11.3 Å². The van der Waals surface area contributed by atoms with Gasteiger partial charge in [-0.3, -0.25) is 0 Å². The monoisotopic (exact) mass is 225 g/mol. The van der Waals surface area contributed by atoms with Crippen LogP contribution in [-0.4, -0.2) is 9.55 Å². The van der Waals surface area contributed by atoms with Crippen molar-refractivity contribution in [2.45, 2.75) is 13.8 Å². The van der Waals surface area contributed by atoms with Crippen LogP contribution < -0.4 is 5.73 Å². The topological polar surface area (TPSA) is 43.8 Å². The molecule has 0 radical (unpaired) electrons. The number of nitrogens with two attached hydrogens (primary N) is 1. The minimum Gasteiger partial charge on any atom is -0.384 e. The number of benzene rings is 1. The van der Waals surface area contributed by atoms with E-state index in [1.807, 2.05) is 13.0 Å². The summed E-state index contributed by atoms with van der Waals surface area (Å²) in [6.07, 6.45) is 0. The summed E-state index contributed by atoms with van der Waals surface area (Å²) in [5.41, 5.74) is 10.5. The molecule has 0 unspecified atom stereocenters. The van der Waals surface area contributed by atoms with E-state index in [1.54, 1.807) is 0 Å². The molecule has 3 rings (SSSR count). The first kappa shape index (κ1) is 10.1. The Balaban J connectivity index is 2.63. The lowest BCUT2D eigenvalue weighted by atomic mass is 10.1.